The van der Waals surface area contributed by atoms with E-state index in [-0.39, 0.29) is 37.2 Å². The number of nitrogens with one attached hydrogen (secondary N) is 1. The van der Waals surface area contributed by atoms with Crippen molar-refractivity contribution < 1.29 is 4.74 Å². The van der Waals surface area contributed by atoms with Crippen LogP contribution in [0, 0.1) is 0 Å². The van der Waals surface area contributed by atoms with Crippen LogP contribution in [0.2, 0.25) is 0 Å². The molecule has 1 aromatic carbocycles. The first-order chi connectivity index (χ1) is 11.9. The highest BCUT2D eigenvalue weighted by molar-refractivity contribution is 5.86. The summed E-state index contributed by atoms with van der Waals surface area (Å²) in [7, 11) is 0. The van der Waals surface area contributed by atoms with Gasteiger partial charge in [-0.1, -0.05) is 30.3 Å². The molecule has 0 bridgehead atoms. The van der Waals surface area contributed by atoms with Crippen LogP contribution < -0.4 is 15.0 Å². The van der Waals surface area contributed by atoms with E-state index in [2.05, 4.69) is 57.6 Å². The number of pyridine rings is 1. The Kier molecular flexibility index (Phi) is 10.2. The number of halogens is 3. The maximum atomic E-state index is 5.95. The second-order valence-electron chi connectivity index (χ2n) is 6.42. The molecule has 3 heterocycles. The topological polar surface area (TPSA) is 40.6 Å². The van der Waals surface area contributed by atoms with E-state index in [1.807, 2.05) is 0 Å². The summed E-state index contributed by atoms with van der Waals surface area (Å²) >= 11 is 0. The van der Waals surface area contributed by atoms with Gasteiger partial charge in [-0.3, -0.25) is 4.90 Å². The molecule has 2 aromatic rings. The van der Waals surface area contributed by atoms with E-state index in [9.17, 15) is 0 Å². The van der Waals surface area contributed by atoms with Crippen molar-refractivity contribution in [3.8, 4) is 5.88 Å². The first-order valence-electron chi connectivity index (χ1n) is 8.73. The number of rotatable bonds is 3. The van der Waals surface area contributed by atoms with Crippen LogP contribution in [0.4, 0.5) is 5.82 Å². The lowest BCUT2D eigenvalue weighted by Gasteiger charge is -2.28. The molecule has 2 aliphatic rings. The Morgan fingerprint density at radius 2 is 1.67 bits per heavy atom. The number of hydrogen-bond acceptors (Lipinski definition) is 5. The lowest BCUT2D eigenvalue weighted by Crippen LogP contribution is -2.43. The van der Waals surface area contributed by atoms with Gasteiger partial charge >= 0.3 is 0 Å². The zero-order valence-corrected chi connectivity index (χ0v) is 17.6. The number of hydrogen-bond donors (Lipinski definition) is 1. The van der Waals surface area contributed by atoms with Crippen LogP contribution in [0.15, 0.2) is 42.5 Å². The number of piperazine rings is 1. The second-order valence-corrected chi connectivity index (χ2v) is 6.42. The third kappa shape index (κ3) is 6.13. The number of benzene rings is 1. The Hall–Kier alpha value is -1.24. The maximum absolute atomic E-state index is 5.95. The summed E-state index contributed by atoms with van der Waals surface area (Å²) in [6.45, 7) is 7.50. The largest absolute Gasteiger partial charge is 0.476 e. The molecular formula is C19H27Cl3N4O. The number of anilines is 1. The highest BCUT2D eigenvalue weighted by atomic mass is 35.5. The van der Waals surface area contributed by atoms with Crippen LogP contribution in [-0.2, 0) is 13.1 Å². The van der Waals surface area contributed by atoms with Crippen LogP contribution >= 0.6 is 37.2 Å². The van der Waals surface area contributed by atoms with Gasteiger partial charge in [0, 0.05) is 51.4 Å². The normalized spacial score (nSPS) is 16.5. The molecule has 0 atom stereocenters. The molecule has 4 rings (SSSR count). The van der Waals surface area contributed by atoms with Crippen LogP contribution in [0.25, 0.3) is 0 Å². The minimum Gasteiger partial charge on any atom is -0.476 e. The van der Waals surface area contributed by atoms with E-state index >= 15 is 0 Å². The first kappa shape index (κ1) is 23.8. The van der Waals surface area contributed by atoms with Crippen molar-refractivity contribution in [3.05, 3.63) is 53.6 Å². The van der Waals surface area contributed by atoms with Gasteiger partial charge in [-0.05, 0) is 17.7 Å². The molecule has 27 heavy (non-hydrogen) atoms. The fraction of sp³-hybridized carbons (Fsp3) is 0.421. The molecule has 0 aliphatic carbocycles. The SMILES string of the molecule is Cl.Cl.Cl.c1ccc(CN2CCOc3nc(N4CCNCC4)ccc3C2)cc1. The van der Waals surface area contributed by atoms with E-state index in [1.165, 1.54) is 11.1 Å². The van der Waals surface area contributed by atoms with Gasteiger partial charge in [-0.15, -0.1) is 37.2 Å². The summed E-state index contributed by atoms with van der Waals surface area (Å²) in [4.78, 5) is 9.54. The minimum atomic E-state index is 0. The van der Waals surface area contributed by atoms with Crippen molar-refractivity contribution in [1.29, 1.82) is 0 Å². The van der Waals surface area contributed by atoms with Crippen LogP contribution in [-0.4, -0.2) is 49.2 Å². The number of fused-ring (bicyclic) bond motifs is 1. The minimum absolute atomic E-state index is 0. The molecule has 0 unspecified atom stereocenters. The Balaban J connectivity index is 0.00000121. The van der Waals surface area contributed by atoms with Crippen molar-refractivity contribution in [1.82, 2.24) is 15.2 Å². The van der Waals surface area contributed by atoms with Gasteiger partial charge in [0.1, 0.15) is 12.4 Å². The fourth-order valence-corrected chi connectivity index (χ4v) is 3.34. The molecule has 0 amide bonds. The number of ether oxygens (including phenoxy) is 1. The molecule has 150 valence electrons. The smallest absolute Gasteiger partial charge is 0.219 e. The molecule has 0 radical (unpaired) electrons. The van der Waals surface area contributed by atoms with Crippen molar-refractivity contribution >= 4 is 43.0 Å². The summed E-state index contributed by atoms with van der Waals surface area (Å²) in [5, 5.41) is 3.38. The maximum Gasteiger partial charge on any atom is 0.219 e. The number of nitrogens with zero attached hydrogens (tertiary/aromatic N) is 3. The molecule has 1 fully saturated rings. The average molecular weight is 434 g/mol. The van der Waals surface area contributed by atoms with Crippen LogP contribution in [0.3, 0.4) is 0 Å². The standard InChI is InChI=1S/C19H24N4O.3ClH/c1-2-4-16(5-3-1)14-22-12-13-24-19-17(15-22)6-7-18(21-19)23-10-8-20-9-11-23;;;/h1-7,20H,8-15H2;3*1H. The van der Waals surface area contributed by atoms with E-state index in [4.69, 9.17) is 9.72 Å². The third-order valence-electron chi connectivity index (χ3n) is 4.65. The summed E-state index contributed by atoms with van der Waals surface area (Å²) in [5.41, 5.74) is 2.52. The van der Waals surface area contributed by atoms with Crippen molar-refractivity contribution in [2.45, 2.75) is 13.1 Å². The average Bonchev–Trinajstić information content (AvgIpc) is 2.84. The summed E-state index contributed by atoms with van der Waals surface area (Å²) in [6, 6.07) is 14.9. The lowest BCUT2D eigenvalue weighted by molar-refractivity contribution is 0.217. The zero-order chi connectivity index (χ0) is 16.2. The number of aromatic nitrogens is 1. The monoisotopic (exact) mass is 432 g/mol. The molecular weight excluding hydrogens is 407 g/mol. The Bertz CT molecular complexity index is 684. The summed E-state index contributed by atoms with van der Waals surface area (Å²) in [5.74, 6) is 1.84. The first-order valence-corrected chi connectivity index (χ1v) is 8.73. The van der Waals surface area contributed by atoms with Gasteiger partial charge in [0.25, 0.3) is 0 Å². The third-order valence-corrected chi connectivity index (χ3v) is 4.65. The molecule has 5 nitrogen and oxygen atoms in total. The van der Waals surface area contributed by atoms with Crippen molar-refractivity contribution in [2.75, 3.05) is 44.2 Å². The van der Waals surface area contributed by atoms with Crippen molar-refractivity contribution in [2.24, 2.45) is 0 Å². The van der Waals surface area contributed by atoms with E-state index in [0.29, 0.717) is 6.61 Å². The van der Waals surface area contributed by atoms with Gasteiger partial charge < -0.3 is 15.0 Å². The van der Waals surface area contributed by atoms with Crippen LogP contribution in [0.1, 0.15) is 11.1 Å². The summed E-state index contributed by atoms with van der Waals surface area (Å²) in [6.07, 6.45) is 0. The Morgan fingerprint density at radius 1 is 0.926 bits per heavy atom. The Labute approximate surface area is 179 Å². The van der Waals surface area contributed by atoms with Gasteiger partial charge in [0.05, 0.1) is 0 Å². The van der Waals surface area contributed by atoms with Gasteiger partial charge in [-0.2, -0.15) is 4.98 Å². The molecule has 1 aromatic heterocycles. The molecule has 1 saturated heterocycles. The Morgan fingerprint density at radius 3 is 2.41 bits per heavy atom. The predicted molar refractivity (Wildman–Crippen MR) is 117 cm³/mol. The van der Waals surface area contributed by atoms with Gasteiger partial charge in [-0.25, -0.2) is 0 Å². The quantitative estimate of drug-likeness (QED) is 0.805. The molecule has 2 aliphatic heterocycles. The zero-order valence-electron chi connectivity index (χ0n) is 15.2. The molecule has 1 N–H and O–H groups in total. The van der Waals surface area contributed by atoms with E-state index in [0.717, 1.165) is 57.5 Å². The predicted octanol–water partition coefficient (Wildman–Crippen LogP) is 3.15. The molecule has 0 saturated carbocycles. The van der Waals surface area contributed by atoms with E-state index in [1.54, 1.807) is 0 Å². The molecule has 8 heteroatoms. The van der Waals surface area contributed by atoms with E-state index < -0.39 is 0 Å². The summed E-state index contributed by atoms with van der Waals surface area (Å²) < 4.78 is 5.95. The second kappa shape index (κ2) is 11.6. The van der Waals surface area contributed by atoms with Gasteiger partial charge in [0.15, 0.2) is 0 Å². The highest BCUT2D eigenvalue weighted by Crippen LogP contribution is 2.25. The van der Waals surface area contributed by atoms with Crippen molar-refractivity contribution in [3.63, 3.8) is 0 Å². The fourth-order valence-electron chi connectivity index (χ4n) is 3.34. The lowest BCUT2D eigenvalue weighted by atomic mass is 10.2. The van der Waals surface area contributed by atoms with Gasteiger partial charge in [0.2, 0.25) is 5.88 Å². The van der Waals surface area contributed by atoms with Crippen LogP contribution in [0.5, 0.6) is 5.88 Å². The highest BCUT2D eigenvalue weighted by Gasteiger charge is 2.19. The molecule has 0 spiro atoms.